The fourth-order valence-electron chi connectivity index (χ4n) is 3.13. The fourth-order valence-corrected chi connectivity index (χ4v) is 4.34. The van der Waals surface area contributed by atoms with Crippen LogP contribution in [0.1, 0.15) is 90.9 Å². The van der Waals surface area contributed by atoms with E-state index in [0.29, 0.717) is 6.42 Å². The van der Waals surface area contributed by atoms with Gasteiger partial charge in [0.15, 0.2) is 8.32 Å². The summed E-state index contributed by atoms with van der Waals surface area (Å²) in [5.41, 5.74) is 0. The highest BCUT2D eigenvalue weighted by Crippen LogP contribution is 2.18. The number of rotatable bonds is 16. The van der Waals surface area contributed by atoms with Crippen molar-refractivity contribution in [3.05, 3.63) is 0 Å². The molecule has 0 aliphatic heterocycles. The van der Waals surface area contributed by atoms with Crippen molar-refractivity contribution in [3.63, 3.8) is 0 Å². The van der Waals surface area contributed by atoms with Gasteiger partial charge >= 0.3 is 5.97 Å². The molecule has 0 radical (unpaired) electrons. The maximum Gasteiger partial charge on any atom is 0.308 e. The summed E-state index contributed by atoms with van der Waals surface area (Å²) in [7, 11) is -0.157. The number of esters is 1. The van der Waals surface area contributed by atoms with Crippen LogP contribution in [-0.2, 0) is 14.0 Å². The van der Waals surface area contributed by atoms with Gasteiger partial charge in [0.25, 0.3) is 0 Å². The Balaban J connectivity index is 3.65. The van der Waals surface area contributed by atoms with Gasteiger partial charge in [-0.25, -0.2) is 0 Å². The number of carbonyl (C=O) groups is 1. The van der Waals surface area contributed by atoms with Crippen LogP contribution >= 0.6 is 0 Å². The molecule has 0 saturated heterocycles. The molecule has 0 aliphatic rings. The van der Waals surface area contributed by atoms with Crippen molar-refractivity contribution >= 4 is 14.3 Å². The van der Waals surface area contributed by atoms with E-state index in [1.54, 1.807) is 0 Å². The Morgan fingerprint density at radius 1 is 0.800 bits per heavy atom. The number of unbranched alkanes of at least 4 members (excludes halogenated alkanes) is 8. The Morgan fingerprint density at radius 2 is 1.24 bits per heavy atom. The van der Waals surface area contributed by atoms with Crippen molar-refractivity contribution < 1.29 is 14.0 Å². The van der Waals surface area contributed by atoms with Crippen LogP contribution in [0.3, 0.4) is 0 Å². The van der Waals surface area contributed by atoms with E-state index >= 15 is 0 Å². The molecule has 0 heterocycles. The summed E-state index contributed by atoms with van der Waals surface area (Å²) in [4.78, 5) is 11.5. The lowest BCUT2D eigenvalue weighted by molar-refractivity contribution is -0.142. The van der Waals surface area contributed by atoms with Crippen molar-refractivity contribution in [1.82, 2.24) is 0 Å². The highest BCUT2D eigenvalue weighted by atomic mass is 28.4. The molecule has 0 fully saturated rings. The average Bonchev–Trinajstić information content (AvgIpc) is 2.50. The lowest BCUT2D eigenvalue weighted by Crippen LogP contribution is -2.33. The van der Waals surface area contributed by atoms with Gasteiger partial charge in [-0.15, -0.1) is 0 Å². The summed E-state index contributed by atoms with van der Waals surface area (Å²) in [5, 5.41) is 0. The van der Waals surface area contributed by atoms with Gasteiger partial charge in [-0.3, -0.25) is 4.79 Å². The number of hydrogen-bond acceptors (Lipinski definition) is 3. The Kier molecular flexibility index (Phi) is 14.6. The van der Waals surface area contributed by atoms with Crippen molar-refractivity contribution in [1.29, 1.82) is 0 Å². The number of ether oxygens (including phenoxy) is 1. The third-order valence-corrected chi connectivity index (χ3v) is 5.49. The van der Waals surface area contributed by atoms with Crippen LogP contribution in [0.2, 0.25) is 19.6 Å². The van der Waals surface area contributed by atoms with Gasteiger partial charge in [0.1, 0.15) is 0 Å². The first-order valence-corrected chi connectivity index (χ1v) is 13.9. The minimum atomic E-state index is -1.61. The zero-order valence-corrected chi connectivity index (χ0v) is 18.9. The molecular weight excluding hydrogens is 328 g/mol. The lowest BCUT2D eigenvalue weighted by atomic mass is 10.0. The molecule has 0 aliphatic carbocycles. The summed E-state index contributed by atoms with van der Waals surface area (Å²) in [6.45, 7) is 11.2. The van der Waals surface area contributed by atoms with E-state index in [9.17, 15) is 4.79 Å². The van der Waals surface area contributed by atoms with E-state index in [2.05, 4.69) is 33.5 Å². The van der Waals surface area contributed by atoms with Crippen LogP contribution in [-0.4, -0.2) is 27.5 Å². The van der Waals surface area contributed by atoms with Crippen LogP contribution in [0.4, 0.5) is 0 Å². The number of methoxy groups -OCH3 is 1. The van der Waals surface area contributed by atoms with Gasteiger partial charge in [-0.05, 0) is 32.0 Å². The van der Waals surface area contributed by atoms with Crippen LogP contribution in [0, 0.1) is 5.92 Å². The molecule has 0 aromatic carbocycles. The lowest BCUT2D eigenvalue weighted by Gasteiger charge is -2.25. The normalized spacial score (nSPS) is 13.2. The van der Waals surface area contributed by atoms with Crippen molar-refractivity contribution in [3.8, 4) is 0 Å². The maximum atomic E-state index is 11.5. The Morgan fingerprint density at radius 3 is 1.64 bits per heavy atom. The second-order valence-electron chi connectivity index (χ2n) is 8.79. The molecule has 0 rings (SSSR count). The standard InChI is InChI=1S/C21H44O3Si/c1-19(2)16-14-12-10-8-7-9-11-13-15-17-20(18-21(22)23-3)24-25(4,5)6/h19-20H,7-18H2,1-6H3. The molecule has 0 bridgehead atoms. The van der Waals surface area contributed by atoms with Crippen molar-refractivity contribution in [2.45, 2.75) is 117 Å². The van der Waals surface area contributed by atoms with E-state index in [0.717, 1.165) is 18.8 Å². The molecule has 4 heteroatoms. The molecule has 0 aromatic heterocycles. The highest BCUT2D eigenvalue weighted by Gasteiger charge is 2.23. The van der Waals surface area contributed by atoms with Gasteiger partial charge in [0.05, 0.1) is 19.6 Å². The molecule has 150 valence electrons. The Labute approximate surface area is 158 Å². The van der Waals surface area contributed by atoms with Gasteiger partial charge < -0.3 is 9.16 Å². The number of carbonyl (C=O) groups excluding carboxylic acids is 1. The minimum absolute atomic E-state index is 0.0417. The van der Waals surface area contributed by atoms with Crippen LogP contribution in [0.15, 0.2) is 0 Å². The first-order valence-electron chi connectivity index (χ1n) is 10.5. The van der Waals surface area contributed by atoms with E-state index in [1.165, 1.54) is 64.9 Å². The largest absolute Gasteiger partial charge is 0.469 e. The van der Waals surface area contributed by atoms with Gasteiger partial charge in [0.2, 0.25) is 0 Å². The van der Waals surface area contributed by atoms with Crippen LogP contribution in [0.25, 0.3) is 0 Å². The van der Waals surface area contributed by atoms with E-state index in [1.807, 2.05) is 0 Å². The predicted octanol–water partition coefficient (Wildman–Crippen LogP) is 6.72. The summed E-state index contributed by atoms with van der Waals surface area (Å²) in [5.74, 6) is 0.702. The van der Waals surface area contributed by atoms with Gasteiger partial charge in [-0.1, -0.05) is 78.1 Å². The molecule has 0 aromatic rings. The summed E-state index contributed by atoms with van der Waals surface area (Å²) in [6.07, 6.45) is 14.8. The molecular formula is C21H44O3Si. The zero-order chi connectivity index (χ0) is 19.1. The maximum absolute atomic E-state index is 11.5. The van der Waals surface area contributed by atoms with E-state index in [4.69, 9.17) is 9.16 Å². The van der Waals surface area contributed by atoms with Crippen LogP contribution < -0.4 is 0 Å². The topological polar surface area (TPSA) is 35.5 Å². The predicted molar refractivity (Wildman–Crippen MR) is 110 cm³/mol. The first-order chi connectivity index (χ1) is 11.7. The molecule has 0 N–H and O–H groups in total. The van der Waals surface area contributed by atoms with E-state index < -0.39 is 8.32 Å². The monoisotopic (exact) mass is 372 g/mol. The fraction of sp³-hybridized carbons (Fsp3) is 0.952. The summed E-state index contributed by atoms with van der Waals surface area (Å²) in [6, 6.07) is 0. The summed E-state index contributed by atoms with van der Waals surface area (Å²) < 4.78 is 11.0. The third kappa shape index (κ3) is 18.2. The molecule has 0 spiro atoms. The second kappa shape index (κ2) is 14.8. The highest BCUT2D eigenvalue weighted by molar-refractivity contribution is 6.69. The molecule has 25 heavy (non-hydrogen) atoms. The SMILES string of the molecule is COC(=O)CC(CCCCCCCCCCCC(C)C)O[Si](C)(C)C. The Bertz CT molecular complexity index is 324. The smallest absolute Gasteiger partial charge is 0.308 e. The zero-order valence-electron chi connectivity index (χ0n) is 17.9. The summed E-state index contributed by atoms with van der Waals surface area (Å²) >= 11 is 0. The number of hydrogen-bond donors (Lipinski definition) is 0. The molecule has 0 amide bonds. The van der Waals surface area contributed by atoms with Crippen LogP contribution in [0.5, 0.6) is 0 Å². The Hall–Kier alpha value is -0.353. The van der Waals surface area contributed by atoms with Crippen molar-refractivity contribution in [2.75, 3.05) is 7.11 Å². The van der Waals surface area contributed by atoms with Gasteiger partial charge in [-0.2, -0.15) is 0 Å². The minimum Gasteiger partial charge on any atom is -0.469 e. The molecule has 1 atom stereocenters. The molecule has 1 unspecified atom stereocenters. The van der Waals surface area contributed by atoms with E-state index in [-0.39, 0.29) is 12.1 Å². The first kappa shape index (κ1) is 24.6. The van der Waals surface area contributed by atoms with Gasteiger partial charge in [0, 0.05) is 0 Å². The average molecular weight is 373 g/mol. The quantitative estimate of drug-likeness (QED) is 0.171. The second-order valence-corrected chi connectivity index (χ2v) is 13.2. The third-order valence-electron chi connectivity index (χ3n) is 4.45. The molecule has 3 nitrogen and oxygen atoms in total. The molecule has 0 saturated carbocycles. The van der Waals surface area contributed by atoms with Crippen molar-refractivity contribution in [2.24, 2.45) is 5.92 Å².